The largest absolute Gasteiger partial charge is 0.497 e. The lowest BCUT2D eigenvalue weighted by atomic mass is 10.1. The van der Waals surface area contributed by atoms with E-state index in [-0.39, 0.29) is 18.0 Å². The number of benzene rings is 3. The molecule has 3 rings (SSSR count). The molecule has 3 aromatic carbocycles. The molecule has 31 heavy (non-hydrogen) atoms. The monoisotopic (exact) mass is 436 g/mol. The maximum Gasteiger partial charge on any atom is 0.266 e. The summed E-state index contributed by atoms with van der Waals surface area (Å²) in [5.41, 5.74) is 1.07. The van der Waals surface area contributed by atoms with Gasteiger partial charge in [-0.25, -0.2) is 4.39 Å². The molecule has 0 unspecified atom stereocenters. The van der Waals surface area contributed by atoms with E-state index in [1.54, 1.807) is 60.7 Å². The number of carbonyl (C=O) groups excluding carboxylic acids is 1. The molecule has 5 nitrogen and oxygen atoms in total. The molecule has 0 saturated carbocycles. The number of halogens is 2. The van der Waals surface area contributed by atoms with Gasteiger partial charge >= 0.3 is 0 Å². The van der Waals surface area contributed by atoms with Crippen LogP contribution in [0.25, 0.3) is 6.08 Å². The number of hydrogen-bond acceptors (Lipinski definition) is 4. The average molecular weight is 437 g/mol. The van der Waals surface area contributed by atoms with Gasteiger partial charge in [0, 0.05) is 17.2 Å². The number of carbonyl (C=O) groups is 1. The molecule has 0 radical (unpaired) electrons. The van der Waals surface area contributed by atoms with Crippen molar-refractivity contribution >= 4 is 29.3 Å². The molecule has 0 atom stereocenters. The number of methoxy groups -OCH3 is 1. The van der Waals surface area contributed by atoms with E-state index in [2.05, 4.69) is 5.32 Å². The summed E-state index contributed by atoms with van der Waals surface area (Å²) < 4.78 is 24.9. The van der Waals surface area contributed by atoms with Crippen LogP contribution < -0.4 is 14.8 Å². The Hall–Kier alpha value is -3.82. The summed E-state index contributed by atoms with van der Waals surface area (Å²) in [5.74, 6) is -0.161. The van der Waals surface area contributed by atoms with E-state index in [0.717, 1.165) is 0 Å². The highest BCUT2D eigenvalue weighted by Gasteiger charge is 2.14. The topological polar surface area (TPSA) is 71.3 Å². The van der Waals surface area contributed by atoms with Crippen molar-refractivity contribution in [3.8, 4) is 17.6 Å². The van der Waals surface area contributed by atoms with Gasteiger partial charge in [0.15, 0.2) is 0 Å². The maximum atomic E-state index is 13.9. The van der Waals surface area contributed by atoms with Crippen LogP contribution in [-0.2, 0) is 11.4 Å². The standard InChI is InChI=1S/C24H18ClFN2O3/c1-30-19-11-10-16(23(13-19)31-15-17-6-2-4-8-21(17)26)12-18(14-27)24(29)28-22-9-5-3-7-20(22)25/h2-13H,15H2,1H3,(H,28,29)/b18-12+. The number of para-hydroxylation sites is 1. The zero-order valence-corrected chi connectivity index (χ0v) is 17.3. The van der Waals surface area contributed by atoms with E-state index < -0.39 is 5.91 Å². The molecule has 0 aromatic heterocycles. The van der Waals surface area contributed by atoms with Crippen molar-refractivity contribution in [3.63, 3.8) is 0 Å². The third-order valence-corrected chi connectivity index (χ3v) is 4.68. The van der Waals surface area contributed by atoms with Crippen molar-refractivity contribution in [2.24, 2.45) is 0 Å². The highest BCUT2D eigenvalue weighted by Crippen LogP contribution is 2.28. The second-order valence-electron chi connectivity index (χ2n) is 6.39. The van der Waals surface area contributed by atoms with Crippen molar-refractivity contribution in [2.75, 3.05) is 12.4 Å². The Morgan fingerprint density at radius 1 is 1.16 bits per heavy atom. The Morgan fingerprint density at radius 2 is 1.90 bits per heavy atom. The Bertz CT molecular complexity index is 1170. The van der Waals surface area contributed by atoms with Gasteiger partial charge in [0.2, 0.25) is 0 Å². The SMILES string of the molecule is COc1ccc(/C=C(\C#N)C(=O)Nc2ccccc2Cl)c(OCc2ccccc2F)c1. The molecule has 156 valence electrons. The van der Waals surface area contributed by atoms with Crippen LogP contribution in [0.1, 0.15) is 11.1 Å². The Morgan fingerprint density at radius 3 is 2.61 bits per heavy atom. The first-order valence-electron chi connectivity index (χ1n) is 9.23. The van der Waals surface area contributed by atoms with Gasteiger partial charge in [0.1, 0.15) is 35.6 Å². The molecule has 7 heteroatoms. The van der Waals surface area contributed by atoms with Gasteiger partial charge in [0.25, 0.3) is 5.91 Å². The van der Waals surface area contributed by atoms with Crippen molar-refractivity contribution < 1.29 is 18.7 Å². The molecule has 0 aliphatic carbocycles. The number of nitrogens with one attached hydrogen (secondary N) is 1. The summed E-state index contributed by atoms with van der Waals surface area (Å²) >= 11 is 6.07. The third-order valence-electron chi connectivity index (χ3n) is 4.35. The number of rotatable bonds is 7. The molecule has 1 N–H and O–H groups in total. The lowest BCUT2D eigenvalue weighted by Crippen LogP contribution is -2.13. The summed E-state index contributed by atoms with van der Waals surface area (Å²) in [4.78, 5) is 12.6. The summed E-state index contributed by atoms with van der Waals surface area (Å²) in [6, 6.07) is 19.8. The fourth-order valence-corrected chi connectivity index (χ4v) is 2.90. The van der Waals surface area contributed by atoms with E-state index in [4.69, 9.17) is 21.1 Å². The minimum absolute atomic E-state index is 0.0333. The van der Waals surface area contributed by atoms with Crippen molar-refractivity contribution in [1.82, 2.24) is 0 Å². The fourth-order valence-electron chi connectivity index (χ4n) is 2.71. The highest BCUT2D eigenvalue weighted by molar-refractivity contribution is 6.34. The molecule has 0 heterocycles. The van der Waals surface area contributed by atoms with E-state index in [1.165, 1.54) is 19.3 Å². The van der Waals surface area contributed by atoms with Gasteiger partial charge in [-0.1, -0.05) is 41.9 Å². The third kappa shape index (κ3) is 5.62. The van der Waals surface area contributed by atoms with Crippen LogP contribution in [0, 0.1) is 17.1 Å². The lowest BCUT2D eigenvalue weighted by molar-refractivity contribution is -0.112. The molecule has 0 fully saturated rings. The Labute approximate surface area is 184 Å². The zero-order valence-electron chi connectivity index (χ0n) is 16.6. The van der Waals surface area contributed by atoms with Crippen LogP contribution in [0.2, 0.25) is 5.02 Å². The summed E-state index contributed by atoms with van der Waals surface area (Å²) in [7, 11) is 1.50. The molecule has 0 aliphatic heterocycles. The molecule has 0 saturated heterocycles. The van der Waals surface area contributed by atoms with E-state index in [0.29, 0.717) is 33.3 Å². The van der Waals surface area contributed by atoms with Crippen LogP contribution >= 0.6 is 11.6 Å². The summed E-state index contributed by atoms with van der Waals surface area (Å²) in [5, 5.41) is 12.5. The number of hydrogen-bond donors (Lipinski definition) is 1. The van der Waals surface area contributed by atoms with Gasteiger partial charge in [0.05, 0.1) is 17.8 Å². The van der Waals surface area contributed by atoms with Crippen molar-refractivity contribution in [3.05, 3.63) is 94.3 Å². The quantitative estimate of drug-likeness (QED) is 0.386. The van der Waals surface area contributed by atoms with Gasteiger partial charge in [-0.05, 0) is 36.4 Å². The number of nitriles is 1. The number of nitrogens with zero attached hydrogens (tertiary/aromatic N) is 1. The van der Waals surface area contributed by atoms with Crippen LogP contribution in [0.4, 0.5) is 10.1 Å². The lowest BCUT2D eigenvalue weighted by Gasteiger charge is -2.12. The molecule has 3 aromatic rings. The number of amides is 1. The predicted molar refractivity (Wildman–Crippen MR) is 117 cm³/mol. The van der Waals surface area contributed by atoms with E-state index in [9.17, 15) is 14.4 Å². The van der Waals surface area contributed by atoms with Crippen LogP contribution in [0.3, 0.4) is 0 Å². The van der Waals surface area contributed by atoms with Gasteiger partial charge in [-0.2, -0.15) is 5.26 Å². The molecular formula is C24H18ClFN2O3. The number of ether oxygens (including phenoxy) is 2. The van der Waals surface area contributed by atoms with Crippen LogP contribution in [0.15, 0.2) is 72.3 Å². The van der Waals surface area contributed by atoms with Gasteiger partial charge in [-0.3, -0.25) is 4.79 Å². The van der Waals surface area contributed by atoms with Crippen molar-refractivity contribution in [1.29, 1.82) is 5.26 Å². The minimum atomic E-state index is -0.619. The summed E-state index contributed by atoms with van der Waals surface area (Å²) in [6.45, 7) is -0.0333. The summed E-state index contributed by atoms with van der Waals surface area (Å²) in [6.07, 6.45) is 1.39. The Balaban J connectivity index is 1.88. The van der Waals surface area contributed by atoms with Crippen LogP contribution in [-0.4, -0.2) is 13.0 Å². The second-order valence-corrected chi connectivity index (χ2v) is 6.79. The van der Waals surface area contributed by atoms with E-state index >= 15 is 0 Å². The first-order valence-corrected chi connectivity index (χ1v) is 9.61. The first kappa shape index (κ1) is 21.9. The minimum Gasteiger partial charge on any atom is -0.497 e. The molecular weight excluding hydrogens is 419 g/mol. The Kier molecular flexibility index (Phi) is 7.26. The molecule has 0 aliphatic rings. The van der Waals surface area contributed by atoms with Gasteiger partial charge < -0.3 is 14.8 Å². The first-order chi connectivity index (χ1) is 15.0. The van der Waals surface area contributed by atoms with Crippen LogP contribution in [0.5, 0.6) is 11.5 Å². The second kappa shape index (κ2) is 10.3. The van der Waals surface area contributed by atoms with Gasteiger partial charge in [-0.15, -0.1) is 0 Å². The predicted octanol–water partition coefficient (Wildman–Crippen LogP) is 5.61. The highest BCUT2D eigenvalue weighted by atomic mass is 35.5. The van der Waals surface area contributed by atoms with E-state index in [1.807, 2.05) is 6.07 Å². The smallest absolute Gasteiger partial charge is 0.266 e. The molecule has 0 bridgehead atoms. The fraction of sp³-hybridized carbons (Fsp3) is 0.0833. The zero-order chi connectivity index (χ0) is 22.2. The molecule has 1 amide bonds. The maximum absolute atomic E-state index is 13.9. The van der Waals surface area contributed by atoms with Crippen molar-refractivity contribution in [2.45, 2.75) is 6.61 Å². The molecule has 0 spiro atoms. The number of anilines is 1. The average Bonchev–Trinajstić information content (AvgIpc) is 2.78. The normalized spacial score (nSPS) is 10.8.